The number of nitrogens with one attached hydrogen (secondary N) is 1. The molecule has 5 heteroatoms. The van der Waals surface area contributed by atoms with Crippen molar-refractivity contribution in [3.63, 3.8) is 0 Å². The lowest BCUT2D eigenvalue weighted by atomic mass is 9.96. The van der Waals surface area contributed by atoms with Gasteiger partial charge in [0.1, 0.15) is 5.75 Å². The molecule has 0 bridgehead atoms. The van der Waals surface area contributed by atoms with E-state index < -0.39 is 9.84 Å². The van der Waals surface area contributed by atoms with E-state index in [1.807, 2.05) is 19.2 Å². The van der Waals surface area contributed by atoms with E-state index in [1.165, 1.54) is 5.56 Å². The quantitative estimate of drug-likeness (QED) is 0.924. The van der Waals surface area contributed by atoms with E-state index in [2.05, 4.69) is 11.4 Å². The number of hydrogen-bond donors (Lipinski definition) is 1. The predicted molar refractivity (Wildman–Crippen MR) is 78.9 cm³/mol. The van der Waals surface area contributed by atoms with Gasteiger partial charge in [0.15, 0.2) is 9.84 Å². The van der Waals surface area contributed by atoms with Crippen molar-refractivity contribution in [1.29, 1.82) is 0 Å². The Kier molecular flexibility index (Phi) is 3.73. The second-order valence-corrected chi connectivity index (χ2v) is 7.94. The highest BCUT2D eigenvalue weighted by Gasteiger charge is 2.37. The number of benzene rings is 1. The molecule has 2 aliphatic heterocycles. The molecule has 4 nitrogen and oxygen atoms in total. The summed E-state index contributed by atoms with van der Waals surface area (Å²) in [6.45, 7) is 0.695. The van der Waals surface area contributed by atoms with Gasteiger partial charge in [0.2, 0.25) is 0 Å². The van der Waals surface area contributed by atoms with Crippen molar-refractivity contribution in [2.75, 3.05) is 19.4 Å². The highest BCUT2D eigenvalue weighted by Crippen LogP contribution is 2.38. The third-order valence-corrected chi connectivity index (χ3v) is 6.68. The topological polar surface area (TPSA) is 55.4 Å². The molecule has 0 radical (unpaired) electrons. The smallest absolute Gasteiger partial charge is 0.155 e. The summed E-state index contributed by atoms with van der Waals surface area (Å²) in [6, 6.07) is 5.89. The highest BCUT2D eigenvalue weighted by molar-refractivity contribution is 7.92. The molecule has 20 heavy (non-hydrogen) atoms. The van der Waals surface area contributed by atoms with Crippen LogP contribution in [0.15, 0.2) is 18.2 Å². The van der Waals surface area contributed by atoms with Crippen molar-refractivity contribution >= 4 is 9.84 Å². The normalized spacial score (nSPS) is 25.8. The van der Waals surface area contributed by atoms with Crippen molar-refractivity contribution in [2.45, 2.75) is 37.0 Å². The maximum Gasteiger partial charge on any atom is 0.155 e. The molecule has 0 spiro atoms. The molecule has 2 unspecified atom stereocenters. The van der Waals surface area contributed by atoms with Crippen LogP contribution in [0.5, 0.6) is 5.75 Å². The molecule has 3 rings (SSSR count). The molecule has 1 fully saturated rings. The Hall–Kier alpha value is -1.07. The Balaban J connectivity index is 2.00. The molecular weight excluding hydrogens is 274 g/mol. The van der Waals surface area contributed by atoms with Crippen LogP contribution in [0, 0.1) is 0 Å². The van der Waals surface area contributed by atoms with Gasteiger partial charge >= 0.3 is 0 Å². The Morgan fingerprint density at radius 1 is 1.35 bits per heavy atom. The maximum absolute atomic E-state index is 12.4. The molecule has 0 amide bonds. The van der Waals surface area contributed by atoms with E-state index in [-0.39, 0.29) is 11.3 Å². The minimum atomic E-state index is -3.02. The van der Waals surface area contributed by atoms with Crippen LogP contribution >= 0.6 is 0 Å². The van der Waals surface area contributed by atoms with Gasteiger partial charge in [0, 0.05) is 12.0 Å². The fraction of sp³-hybridized carbons (Fsp3) is 0.600. The van der Waals surface area contributed by atoms with Crippen LogP contribution in [-0.2, 0) is 16.3 Å². The molecule has 0 aliphatic carbocycles. The molecule has 110 valence electrons. The van der Waals surface area contributed by atoms with Crippen molar-refractivity contribution in [2.24, 2.45) is 0 Å². The van der Waals surface area contributed by atoms with Crippen molar-refractivity contribution in [3.05, 3.63) is 29.3 Å². The van der Waals surface area contributed by atoms with Gasteiger partial charge in [-0.2, -0.15) is 0 Å². The molecule has 2 atom stereocenters. The van der Waals surface area contributed by atoms with Crippen LogP contribution < -0.4 is 10.1 Å². The van der Waals surface area contributed by atoms with Gasteiger partial charge < -0.3 is 10.1 Å². The summed E-state index contributed by atoms with van der Waals surface area (Å²) in [6.07, 6.45) is 3.42. The highest BCUT2D eigenvalue weighted by atomic mass is 32.2. The lowest BCUT2D eigenvalue weighted by Gasteiger charge is -2.31. The van der Waals surface area contributed by atoms with E-state index in [4.69, 9.17) is 4.74 Å². The Morgan fingerprint density at radius 2 is 2.20 bits per heavy atom. The largest absolute Gasteiger partial charge is 0.493 e. The van der Waals surface area contributed by atoms with E-state index in [0.29, 0.717) is 12.4 Å². The zero-order valence-electron chi connectivity index (χ0n) is 11.8. The Labute approximate surface area is 120 Å². The second kappa shape index (κ2) is 5.37. The van der Waals surface area contributed by atoms with Crippen molar-refractivity contribution in [3.8, 4) is 5.75 Å². The molecule has 1 aromatic rings. The van der Waals surface area contributed by atoms with Gasteiger partial charge in [0.25, 0.3) is 0 Å². The number of hydrogen-bond acceptors (Lipinski definition) is 4. The molecule has 2 heterocycles. The summed E-state index contributed by atoms with van der Waals surface area (Å²) in [5.74, 6) is 1.21. The molecule has 2 aliphatic rings. The number of sulfone groups is 1. The van der Waals surface area contributed by atoms with Gasteiger partial charge in [-0.05, 0) is 25.5 Å². The first kappa shape index (κ1) is 13.9. The van der Waals surface area contributed by atoms with Crippen LogP contribution in [0.3, 0.4) is 0 Å². The van der Waals surface area contributed by atoms with Gasteiger partial charge in [0.05, 0.1) is 23.7 Å². The summed E-state index contributed by atoms with van der Waals surface area (Å²) in [4.78, 5) is 0. The second-order valence-electron chi connectivity index (χ2n) is 5.60. The fourth-order valence-corrected chi connectivity index (χ4v) is 5.51. The van der Waals surface area contributed by atoms with E-state index in [1.54, 1.807) is 0 Å². The number of ether oxygens (including phenoxy) is 1. The third-order valence-electron chi connectivity index (χ3n) is 4.39. The van der Waals surface area contributed by atoms with Gasteiger partial charge in [-0.1, -0.05) is 24.6 Å². The van der Waals surface area contributed by atoms with Crippen LogP contribution in [0.2, 0.25) is 0 Å². The maximum atomic E-state index is 12.4. The summed E-state index contributed by atoms with van der Waals surface area (Å²) >= 11 is 0. The Morgan fingerprint density at radius 3 is 2.95 bits per heavy atom. The molecular formula is C15H21NO3S. The van der Waals surface area contributed by atoms with Crippen LogP contribution in [0.1, 0.15) is 36.4 Å². The summed E-state index contributed by atoms with van der Waals surface area (Å²) < 4.78 is 30.5. The minimum absolute atomic E-state index is 0.173. The van der Waals surface area contributed by atoms with E-state index in [0.717, 1.165) is 37.0 Å². The monoisotopic (exact) mass is 295 g/mol. The zero-order chi connectivity index (χ0) is 14.2. The van der Waals surface area contributed by atoms with E-state index in [9.17, 15) is 8.42 Å². The first-order valence-corrected chi connectivity index (χ1v) is 8.98. The van der Waals surface area contributed by atoms with Crippen molar-refractivity contribution in [1.82, 2.24) is 5.32 Å². The molecule has 0 saturated carbocycles. The fourth-order valence-electron chi connectivity index (χ4n) is 3.38. The standard InChI is InChI=1S/C15H21NO3S/c1-16-14(13-7-2-3-10-20(13,17)18)12-6-4-5-11-8-9-19-15(11)12/h4-6,13-14,16H,2-3,7-10H2,1H3. The third kappa shape index (κ3) is 2.33. The number of fused-ring (bicyclic) bond motifs is 1. The summed E-state index contributed by atoms with van der Waals surface area (Å²) in [5.41, 5.74) is 2.19. The summed E-state index contributed by atoms with van der Waals surface area (Å²) in [5, 5.41) is 2.88. The minimum Gasteiger partial charge on any atom is -0.493 e. The predicted octanol–water partition coefficient (Wildman–Crippen LogP) is 1.85. The Bertz CT molecular complexity index is 597. The number of rotatable bonds is 3. The first-order chi connectivity index (χ1) is 9.63. The lowest BCUT2D eigenvalue weighted by Crippen LogP contribution is -2.39. The average molecular weight is 295 g/mol. The van der Waals surface area contributed by atoms with Gasteiger partial charge in [-0.15, -0.1) is 0 Å². The zero-order valence-corrected chi connectivity index (χ0v) is 12.6. The molecule has 0 aromatic heterocycles. The SMILES string of the molecule is CNC(c1cccc2c1OCC2)C1CCCCS1(=O)=O. The lowest BCUT2D eigenvalue weighted by molar-refractivity contribution is 0.347. The van der Waals surface area contributed by atoms with Crippen molar-refractivity contribution < 1.29 is 13.2 Å². The molecule has 1 saturated heterocycles. The number of para-hydroxylation sites is 1. The molecule has 1 N–H and O–H groups in total. The van der Waals surface area contributed by atoms with E-state index >= 15 is 0 Å². The van der Waals surface area contributed by atoms with Crippen LogP contribution in [-0.4, -0.2) is 33.1 Å². The van der Waals surface area contributed by atoms with Gasteiger partial charge in [-0.3, -0.25) is 0 Å². The molecule has 1 aromatic carbocycles. The van der Waals surface area contributed by atoms with Crippen LogP contribution in [0.4, 0.5) is 0 Å². The summed E-state index contributed by atoms with van der Waals surface area (Å²) in [7, 11) is -1.18. The average Bonchev–Trinajstić information content (AvgIpc) is 2.90. The first-order valence-electron chi connectivity index (χ1n) is 7.27. The van der Waals surface area contributed by atoms with Gasteiger partial charge in [-0.25, -0.2) is 8.42 Å². The van der Waals surface area contributed by atoms with Crippen LogP contribution in [0.25, 0.3) is 0 Å².